The van der Waals surface area contributed by atoms with E-state index >= 15 is 0 Å². The minimum atomic E-state index is -0.0805. The Morgan fingerprint density at radius 1 is 1.50 bits per heavy atom. The van der Waals surface area contributed by atoms with Crippen LogP contribution in [0.1, 0.15) is 19.3 Å². The second-order valence-electron chi connectivity index (χ2n) is 4.54. The quantitative estimate of drug-likeness (QED) is 0.901. The number of carbonyl (C=O) groups excluding carboxylic acids is 1. The molecule has 1 saturated carbocycles. The molecule has 5 heteroatoms. The van der Waals surface area contributed by atoms with E-state index in [1.807, 2.05) is 12.1 Å². The van der Waals surface area contributed by atoms with Gasteiger partial charge in [-0.25, -0.2) is 0 Å². The van der Waals surface area contributed by atoms with E-state index in [4.69, 9.17) is 10.5 Å². The lowest BCUT2D eigenvalue weighted by atomic mass is 10.0. The van der Waals surface area contributed by atoms with Gasteiger partial charge in [0, 0.05) is 16.6 Å². The van der Waals surface area contributed by atoms with E-state index < -0.39 is 0 Å². The highest BCUT2D eigenvalue weighted by atomic mass is 79.9. The number of nitrogens with two attached hydrogens (primary N) is 1. The molecule has 1 aromatic carbocycles. The first-order valence-corrected chi connectivity index (χ1v) is 6.81. The number of rotatable bonds is 3. The van der Waals surface area contributed by atoms with E-state index in [1.165, 1.54) is 0 Å². The molecule has 0 bridgehead atoms. The summed E-state index contributed by atoms with van der Waals surface area (Å²) >= 11 is 3.41. The van der Waals surface area contributed by atoms with Crippen LogP contribution >= 0.6 is 15.9 Å². The second-order valence-corrected chi connectivity index (χ2v) is 5.39. The topological polar surface area (TPSA) is 64.3 Å². The summed E-state index contributed by atoms with van der Waals surface area (Å²) in [4.78, 5) is 12.1. The van der Waals surface area contributed by atoms with E-state index in [1.54, 1.807) is 13.2 Å². The van der Waals surface area contributed by atoms with Crippen LogP contribution in [-0.2, 0) is 4.79 Å². The average molecular weight is 313 g/mol. The molecule has 0 aliphatic heterocycles. The maximum absolute atomic E-state index is 12.1. The van der Waals surface area contributed by atoms with Crippen molar-refractivity contribution >= 4 is 27.5 Å². The first-order chi connectivity index (χ1) is 8.61. The molecule has 0 radical (unpaired) electrons. The Balaban J connectivity index is 2.11. The molecule has 2 unspecified atom stereocenters. The Hall–Kier alpha value is -1.07. The standard InChI is InChI=1S/C13H17BrN2O2/c1-18-8-5-6-10(14)12(7-8)16-13(17)9-3-2-4-11(9)15/h5-7,9,11H,2-4,15H2,1H3,(H,16,17). The molecule has 1 aromatic rings. The number of hydrogen-bond donors (Lipinski definition) is 2. The number of anilines is 1. The molecule has 1 aliphatic rings. The van der Waals surface area contributed by atoms with Gasteiger partial charge in [0.2, 0.25) is 5.91 Å². The SMILES string of the molecule is COc1ccc(Br)c(NC(=O)C2CCCC2N)c1. The van der Waals surface area contributed by atoms with Crippen molar-refractivity contribution in [2.24, 2.45) is 11.7 Å². The maximum atomic E-state index is 12.1. The number of nitrogens with one attached hydrogen (secondary N) is 1. The van der Waals surface area contributed by atoms with Crippen molar-refractivity contribution in [3.05, 3.63) is 22.7 Å². The van der Waals surface area contributed by atoms with E-state index in [0.717, 1.165) is 29.4 Å². The molecular formula is C13H17BrN2O2. The van der Waals surface area contributed by atoms with Crippen LogP contribution in [0, 0.1) is 5.92 Å². The van der Waals surface area contributed by atoms with Crippen LogP contribution < -0.4 is 15.8 Å². The highest BCUT2D eigenvalue weighted by Gasteiger charge is 2.30. The lowest BCUT2D eigenvalue weighted by molar-refractivity contribution is -0.120. The Morgan fingerprint density at radius 2 is 2.28 bits per heavy atom. The van der Waals surface area contributed by atoms with Gasteiger partial charge in [0.25, 0.3) is 0 Å². The molecule has 4 nitrogen and oxygen atoms in total. The molecule has 0 saturated heterocycles. The smallest absolute Gasteiger partial charge is 0.229 e. The van der Waals surface area contributed by atoms with Crippen LogP contribution in [0.25, 0.3) is 0 Å². The van der Waals surface area contributed by atoms with Gasteiger partial charge in [0.15, 0.2) is 0 Å². The summed E-state index contributed by atoms with van der Waals surface area (Å²) in [6, 6.07) is 5.46. The summed E-state index contributed by atoms with van der Waals surface area (Å²) in [6.07, 6.45) is 2.82. The van der Waals surface area contributed by atoms with Gasteiger partial charge in [-0.05, 0) is 40.9 Å². The molecule has 3 N–H and O–H groups in total. The normalized spacial score (nSPS) is 22.8. The molecule has 1 fully saturated rings. The van der Waals surface area contributed by atoms with Gasteiger partial charge in [-0.1, -0.05) is 6.42 Å². The number of methoxy groups -OCH3 is 1. The molecule has 98 valence electrons. The predicted octanol–water partition coefficient (Wildman–Crippen LogP) is 2.52. The number of halogens is 1. The summed E-state index contributed by atoms with van der Waals surface area (Å²) in [5.41, 5.74) is 6.65. The third-order valence-corrected chi connectivity index (χ3v) is 4.03. The highest BCUT2D eigenvalue weighted by Crippen LogP contribution is 2.30. The number of benzene rings is 1. The van der Waals surface area contributed by atoms with Crippen molar-refractivity contribution < 1.29 is 9.53 Å². The summed E-state index contributed by atoms with van der Waals surface area (Å²) in [5, 5.41) is 2.91. The van der Waals surface area contributed by atoms with Crippen LogP contribution in [0.5, 0.6) is 5.75 Å². The zero-order valence-corrected chi connectivity index (χ0v) is 11.9. The summed E-state index contributed by atoms with van der Waals surface area (Å²) in [7, 11) is 1.60. The number of carbonyl (C=O) groups is 1. The zero-order valence-electron chi connectivity index (χ0n) is 10.3. The lowest BCUT2D eigenvalue weighted by Crippen LogP contribution is -2.34. The van der Waals surface area contributed by atoms with Gasteiger partial charge in [0.05, 0.1) is 18.7 Å². The third-order valence-electron chi connectivity index (χ3n) is 3.34. The van der Waals surface area contributed by atoms with Gasteiger partial charge >= 0.3 is 0 Å². The molecule has 18 heavy (non-hydrogen) atoms. The first kappa shape index (κ1) is 13.4. The van der Waals surface area contributed by atoms with E-state index in [-0.39, 0.29) is 17.9 Å². The molecule has 2 rings (SSSR count). The monoisotopic (exact) mass is 312 g/mol. The molecule has 0 heterocycles. The third kappa shape index (κ3) is 2.84. The van der Waals surface area contributed by atoms with Crippen molar-refractivity contribution in [2.75, 3.05) is 12.4 Å². The fourth-order valence-corrected chi connectivity index (χ4v) is 2.61. The average Bonchev–Trinajstić information content (AvgIpc) is 2.78. The summed E-state index contributed by atoms with van der Waals surface area (Å²) in [5.74, 6) is 0.626. The van der Waals surface area contributed by atoms with Crippen molar-refractivity contribution in [2.45, 2.75) is 25.3 Å². The molecular weight excluding hydrogens is 296 g/mol. The van der Waals surface area contributed by atoms with Crippen molar-refractivity contribution in [1.29, 1.82) is 0 Å². The maximum Gasteiger partial charge on any atom is 0.229 e. The van der Waals surface area contributed by atoms with E-state index in [2.05, 4.69) is 21.2 Å². The minimum absolute atomic E-state index is 0.00560. The van der Waals surface area contributed by atoms with Crippen molar-refractivity contribution in [3.8, 4) is 5.75 Å². The number of amides is 1. The Kier molecular flexibility index (Phi) is 4.24. The molecule has 0 aromatic heterocycles. The van der Waals surface area contributed by atoms with Gasteiger partial charge in [-0.2, -0.15) is 0 Å². The first-order valence-electron chi connectivity index (χ1n) is 6.02. The second kappa shape index (κ2) is 5.71. The number of ether oxygens (including phenoxy) is 1. The van der Waals surface area contributed by atoms with Crippen LogP contribution in [0.15, 0.2) is 22.7 Å². The molecule has 1 amide bonds. The fraction of sp³-hybridized carbons (Fsp3) is 0.462. The molecule has 1 aliphatic carbocycles. The Bertz CT molecular complexity index is 451. The number of hydrogen-bond acceptors (Lipinski definition) is 3. The Morgan fingerprint density at radius 3 is 2.89 bits per heavy atom. The summed E-state index contributed by atoms with van der Waals surface area (Å²) < 4.78 is 5.98. The van der Waals surface area contributed by atoms with Crippen LogP contribution in [0.2, 0.25) is 0 Å². The van der Waals surface area contributed by atoms with Crippen molar-refractivity contribution in [1.82, 2.24) is 0 Å². The lowest BCUT2D eigenvalue weighted by Gasteiger charge is -2.16. The van der Waals surface area contributed by atoms with Crippen LogP contribution in [0.4, 0.5) is 5.69 Å². The van der Waals surface area contributed by atoms with Crippen molar-refractivity contribution in [3.63, 3.8) is 0 Å². The zero-order chi connectivity index (χ0) is 13.1. The Labute approximate surface area is 115 Å². The van der Waals surface area contributed by atoms with Gasteiger partial charge in [-0.3, -0.25) is 4.79 Å². The van der Waals surface area contributed by atoms with Gasteiger partial charge < -0.3 is 15.8 Å². The van der Waals surface area contributed by atoms with Gasteiger partial charge in [0.1, 0.15) is 5.75 Å². The predicted molar refractivity (Wildman–Crippen MR) is 74.6 cm³/mol. The molecule has 2 atom stereocenters. The largest absolute Gasteiger partial charge is 0.497 e. The summed E-state index contributed by atoms with van der Waals surface area (Å²) in [6.45, 7) is 0. The minimum Gasteiger partial charge on any atom is -0.497 e. The van der Waals surface area contributed by atoms with Gasteiger partial charge in [-0.15, -0.1) is 0 Å². The fourth-order valence-electron chi connectivity index (χ4n) is 2.27. The van der Waals surface area contributed by atoms with Crippen LogP contribution in [0.3, 0.4) is 0 Å². The van der Waals surface area contributed by atoms with E-state index in [9.17, 15) is 4.79 Å². The van der Waals surface area contributed by atoms with Crippen LogP contribution in [-0.4, -0.2) is 19.1 Å². The molecule has 0 spiro atoms. The van der Waals surface area contributed by atoms with E-state index in [0.29, 0.717) is 5.75 Å². The highest BCUT2D eigenvalue weighted by molar-refractivity contribution is 9.10.